The van der Waals surface area contributed by atoms with Crippen LogP contribution in [0.1, 0.15) is 35.2 Å². The third-order valence-electron chi connectivity index (χ3n) is 3.12. The molecule has 0 aromatic carbocycles. The van der Waals surface area contributed by atoms with Crippen LogP contribution in [0.5, 0.6) is 0 Å². The summed E-state index contributed by atoms with van der Waals surface area (Å²) in [7, 11) is 0. The van der Waals surface area contributed by atoms with Crippen molar-refractivity contribution in [3.8, 4) is 11.8 Å². The van der Waals surface area contributed by atoms with Crippen molar-refractivity contribution in [3.63, 3.8) is 0 Å². The van der Waals surface area contributed by atoms with E-state index < -0.39 is 17.6 Å². The molecule has 1 aliphatic carbocycles. The number of aliphatic hydroxyl groups is 1. The standard InChI is InChI=1S/C14H13F3N2O2/c15-14(16,17)13(4-5-13)19-12(21)11-7-10(8-18-9-11)3-1-2-6-20/h7-9,20H,2,4-6H2,(H,19,21). The highest BCUT2D eigenvalue weighted by molar-refractivity contribution is 5.95. The third kappa shape index (κ3) is 3.52. The minimum absolute atomic E-state index is 0.0290. The number of halogens is 3. The molecule has 1 fully saturated rings. The van der Waals surface area contributed by atoms with Crippen molar-refractivity contribution in [2.45, 2.75) is 31.0 Å². The fourth-order valence-corrected chi connectivity index (χ4v) is 1.75. The lowest BCUT2D eigenvalue weighted by molar-refractivity contribution is -0.163. The maximum absolute atomic E-state index is 12.8. The summed E-state index contributed by atoms with van der Waals surface area (Å²) in [5.41, 5.74) is -1.66. The number of aliphatic hydroxyl groups excluding tert-OH is 1. The average molecular weight is 298 g/mol. The van der Waals surface area contributed by atoms with Gasteiger partial charge in [0.15, 0.2) is 0 Å². The van der Waals surface area contributed by atoms with Crippen LogP contribution in [0.3, 0.4) is 0 Å². The molecule has 21 heavy (non-hydrogen) atoms. The Morgan fingerprint density at radius 1 is 1.43 bits per heavy atom. The summed E-state index contributed by atoms with van der Waals surface area (Å²) in [6.45, 7) is -0.0886. The van der Waals surface area contributed by atoms with Gasteiger partial charge in [0.1, 0.15) is 5.54 Å². The van der Waals surface area contributed by atoms with Crippen molar-refractivity contribution < 1.29 is 23.1 Å². The normalized spacial score (nSPS) is 15.8. The summed E-state index contributed by atoms with van der Waals surface area (Å²) in [6, 6.07) is 1.37. The predicted molar refractivity (Wildman–Crippen MR) is 68.3 cm³/mol. The van der Waals surface area contributed by atoms with E-state index in [1.54, 1.807) is 0 Å². The lowest BCUT2D eigenvalue weighted by Crippen LogP contribution is -2.47. The predicted octanol–water partition coefficient (Wildman–Crippen LogP) is 1.64. The van der Waals surface area contributed by atoms with Crippen molar-refractivity contribution in [1.82, 2.24) is 10.3 Å². The minimum atomic E-state index is -4.45. The van der Waals surface area contributed by atoms with E-state index in [0.717, 1.165) is 0 Å². The molecule has 1 saturated carbocycles. The second kappa shape index (κ2) is 5.74. The molecule has 0 saturated heterocycles. The number of nitrogens with one attached hydrogen (secondary N) is 1. The monoisotopic (exact) mass is 298 g/mol. The molecule has 2 N–H and O–H groups in total. The van der Waals surface area contributed by atoms with Crippen molar-refractivity contribution in [3.05, 3.63) is 29.6 Å². The molecule has 7 heteroatoms. The van der Waals surface area contributed by atoms with E-state index in [1.807, 2.05) is 5.32 Å². The van der Waals surface area contributed by atoms with Gasteiger partial charge in [0.05, 0.1) is 12.2 Å². The van der Waals surface area contributed by atoms with Crippen LogP contribution in [0.25, 0.3) is 0 Å². The quantitative estimate of drug-likeness (QED) is 0.834. The highest BCUT2D eigenvalue weighted by Crippen LogP contribution is 2.49. The largest absolute Gasteiger partial charge is 0.411 e. The van der Waals surface area contributed by atoms with Crippen LogP contribution >= 0.6 is 0 Å². The van der Waals surface area contributed by atoms with E-state index in [0.29, 0.717) is 5.56 Å². The van der Waals surface area contributed by atoms with Gasteiger partial charge in [-0.25, -0.2) is 0 Å². The lowest BCUT2D eigenvalue weighted by atomic mass is 10.1. The van der Waals surface area contributed by atoms with Gasteiger partial charge in [-0.1, -0.05) is 11.8 Å². The van der Waals surface area contributed by atoms with Gasteiger partial charge in [-0.2, -0.15) is 13.2 Å². The van der Waals surface area contributed by atoms with Gasteiger partial charge in [0.2, 0.25) is 0 Å². The molecular weight excluding hydrogens is 285 g/mol. The highest BCUT2D eigenvalue weighted by atomic mass is 19.4. The third-order valence-corrected chi connectivity index (χ3v) is 3.12. The van der Waals surface area contributed by atoms with Gasteiger partial charge in [0, 0.05) is 24.4 Å². The Kier molecular flexibility index (Phi) is 4.19. The van der Waals surface area contributed by atoms with E-state index in [4.69, 9.17) is 5.11 Å². The first-order chi connectivity index (χ1) is 9.88. The first-order valence-corrected chi connectivity index (χ1v) is 6.32. The minimum Gasteiger partial charge on any atom is -0.395 e. The molecule has 1 heterocycles. The van der Waals surface area contributed by atoms with Gasteiger partial charge in [-0.15, -0.1) is 0 Å². The lowest BCUT2D eigenvalue weighted by Gasteiger charge is -2.20. The van der Waals surface area contributed by atoms with E-state index >= 15 is 0 Å². The maximum Gasteiger partial charge on any atom is 0.411 e. The number of nitrogens with zero attached hydrogens (tertiary/aromatic N) is 1. The summed E-state index contributed by atoms with van der Waals surface area (Å²) in [4.78, 5) is 15.7. The second-order valence-electron chi connectivity index (χ2n) is 4.77. The van der Waals surface area contributed by atoms with E-state index in [2.05, 4.69) is 16.8 Å². The molecular formula is C14H13F3N2O2. The highest BCUT2D eigenvalue weighted by Gasteiger charge is 2.64. The summed E-state index contributed by atoms with van der Waals surface area (Å²) >= 11 is 0. The number of hydrogen-bond acceptors (Lipinski definition) is 3. The molecule has 1 aromatic heterocycles. The summed E-state index contributed by atoms with van der Waals surface area (Å²) in [5.74, 6) is 4.51. The van der Waals surface area contributed by atoms with E-state index in [-0.39, 0.29) is 31.4 Å². The molecule has 0 spiro atoms. The van der Waals surface area contributed by atoms with Gasteiger partial charge < -0.3 is 10.4 Å². The number of carbonyl (C=O) groups is 1. The summed E-state index contributed by atoms with van der Waals surface area (Å²) < 4.78 is 38.3. The fraction of sp³-hybridized carbons (Fsp3) is 0.429. The van der Waals surface area contributed by atoms with Crippen LogP contribution in [0.15, 0.2) is 18.5 Å². The second-order valence-corrected chi connectivity index (χ2v) is 4.77. The number of pyridine rings is 1. The van der Waals surface area contributed by atoms with Crippen LogP contribution in [0.2, 0.25) is 0 Å². The zero-order chi connectivity index (χ0) is 15.5. The SMILES string of the molecule is O=C(NC1(C(F)(F)F)CC1)c1cncc(C#CCCO)c1. The van der Waals surface area contributed by atoms with Crippen LogP contribution in [-0.2, 0) is 0 Å². The van der Waals surface area contributed by atoms with Gasteiger partial charge in [-0.05, 0) is 18.9 Å². The molecule has 1 aliphatic rings. The number of carbonyl (C=O) groups excluding carboxylic acids is 1. The van der Waals surface area contributed by atoms with Gasteiger partial charge in [-0.3, -0.25) is 9.78 Å². The molecule has 0 aliphatic heterocycles. The zero-order valence-corrected chi connectivity index (χ0v) is 11.0. The van der Waals surface area contributed by atoms with Gasteiger partial charge in [0.25, 0.3) is 5.91 Å². The van der Waals surface area contributed by atoms with Crippen molar-refractivity contribution in [2.24, 2.45) is 0 Å². The molecule has 0 bridgehead atoms. The smallest absolute Gasteiger partial charge is 0.395 e. The van der Waals surface area contributed by atoms with Crippen LogP contribution in [0.4, 0.5) is 13.2 Å². The topological polar surface area (TPSA) is 62.2 Å². The Morgan fingerprint density at radius 2 is 2.14 bits per heavy atom. The summed E-state index contributed by atoms with van der Waals surface area (Å²) in [5, 5.41) is 10.6. The molecule has 0 atom stereocenters. The molecule has 1 aromatic rings. The van der Waals surface area contributed by atoms with Crippen LogP contribution in [-0.4, -0.2) is 34.3 Å². The maximum atomic E-state index is 12.8. The number of alkyl halides is 3. The Balaban J connectivity index is 2.11. The van der Waals surface area contributed by atoms with Crippen molar-refractivity contribution in [2.75, 3.05) is 6.61 Å². The van der Waals surface area contributed by atoms with Crippen LogP contribution in [0, 0.1) is 11.8 Å². The van der Waals surface area contributed by atoms with Crippen LogP contribution < -0.4 is 5.32 Å². The first-order valence-electron chi connectivity index (χ1n) is 6.32. The first kappa shape index (κ1) is 15.3. The number of amides is 1. The van der Waals surface area contributed by atoms with E-state index in [1.165, 1.54) is 18.5 Å². The molecule has 112 valence electrons. The Hall–Kier alpha value is -2.07. The molecule has 1 amide bonds. The fourth-order valence-electron chi connectivity index (χ4n) is 1.75. The van der Waals surface area contributed by atoms with Gasteiger partial charge >= 0.3 is 6.18 Å². The Bertz CT molecular complexity index is 598. The molecule has 0 radical (unpaired) electrons. The zero-order valence-electron chi connectivity index (χ0n) is 11.0. The number of hydrogen-bond donors (Lipinski definition) is 2. The number of aromatic nitrogens is 1. The molecule has 2 rings (SSSR count). The number of rotatable bonds is 3. The Labute approximate surface area is 119 Å². The van der Waals surface area contributed by atoms with Crippen molar-refractivity contribution >= 4 is 5.91 Å². The van der Waals surface area contributed by atoms with Crippen molar-refractivity contribution in [1.29, 1.82) is 0 Å². The summed E-state index contributed by atoms with van der Waals surface area (Å²) in [6.07, 6.45) is -1.80. The molecule has 0 unspecified atom stereocenters. The van der Waals surface area contributed by atoms with E-state index in [9.17, 15) is 18.0 Å². The Morgan fingerprint density at radius 3 is 2.71 bits per heavy atom. The average Bonchev–Trinajstić information content (AvgIpc) is 3.20. The molecule has 4 nitrogen and oxygen atoms in total.